The molecule has 0 spiro atoms. The van der Waals surface area contributed by atoms with Crippen molar-refractivity contribution in [3.63, 3.8) is 0 Å². The molecule has 0 fully saturated rings. The van der Waals surface area contributed by atoms with Crippen LogP contribution in [0.2, 0.25) is 0 Å². The second-order valence-electron chi connectivity index (χ2n) is 17.1. The lowest BCUT2D eigenvalue weighted by molar-refractivity contribution is -0.870. The summed E-state index contributed by atoms with van der Waals surface area (Å²) in [6, 6.07) is -0.882. The summed E-state index contributed by atoms with van der Waals surface area (Å²) in [4.78, 5) is 25.0. The minimum absolute atomic E-state index is 0.00282. The zero-order chi connectivity index (χ0) is 42.1. The number of carbonyl (C=O) groups is 1. The fourth-order valence-electron chi connectivity index (χ4n) is 6.50. The van der Waals surface area contributed by atoms with Crippen LogP contribution in [-0.2, 0) is 18.4 Å². The summed E-state index contributed by atoms with van der Waals surface area (Å²) >= 11 is 0. The Morgan fingerprint density at radius 3 is 1.51 bits per heavy atom. The Kier molecular flexibility index (Phi) is 38.8. The molecule has 0 aromatic rings. The van der Waals surface area contributed by atoms with E-state index in [1.807, 2.05) is 27.2 Å². The van der Waals surface area contributed by atoms with Gasteiger partial charge in [-0.1, -0.05) is 191 Å². The molecule has 0 rings (SSSR count). The maximum atomic E-state index is 12.7. The third kappa shape index (κ3) is 42.4. The van der Waals surface area contributed by atoms with Gasteiger partial charge in [0.1, 0.15) is 13.2 Å². The van der Waals surface area contributed by atoms with E-state index in [0.717, 1.165) is 51.4 Å². The van der Waals surface area contributed by atoms with E-state index in [9.17, 15) is 19.4 Å². The third-order valence-corrected chi connectivity index (χ3v) is 11.2. The van der Waals surface area contributed by atoms with E-state index in [4.69, 9.17) is 9.05 Å². The molecular formula is C48H91N2O6P. The van der Waals surface area contributed by atoms with E-state index in [2.05, 4.69) is 55.6 Å². The molecule has 0 aliphatic rings. The van der Waals surface area contributed by atoms with Crippen LogP contribution in [0.5, 0.6) is 0 Å². The number of carbonyl (C=O) groups excluding carboxylic acids is 1. The minimum Gasteiger partial charge on any atom is -0.756 e. The number of aliphatic hydroxyl groups excluding tert-OH is 1. The van der Waals surface area contributed by atoms with Crippen molar-refractivity contribution in [1.29, 1.82) is 0 Å². The van der Waals surface area contributed by atoms with E-state index in [0.29, 0.717) is 17.4 Å². The van der Waals surface area contributed by atoms with Gasteiger partial charge in [0.2, 0.25) is 5.91 Å². The quantitative estimate of drug-likeness (QED) is 0.0275. The van der Waals surface area contributed by atoms with Crippen LogP contribution < -0.4 is 10.2 Å². The van der Waals surface area contributed by atoms with Gasteiger partial charge >= 0.3 is 0 Å². The number of nitrogens with one attached hydrogen (secondary N) is 1. The van der Waals surface area contributed by atoms with Crippen molar-refractivity contribution in [3.05, 3.63) is 48.6 Å². The molecular weight excluding hydrogens is 732 g/mol. The first kappa shape index (κ1) is 55.5. The van der Waals surface area contributed by atoms with E-state index >= 15 is 0 Å². The van der Waals surface area contributed by atoms with Crippen molar-refractivity contribution in [1.82, 2.24) is 5.32 Å². The van der Waals surface area contributed by atoms with Gasteiger partial charge in [-0.15, -0.1) is 0 Å². The van der Waals surface area contributed by atoms with Crippen molar-refractivity contribution >= 4 is 13.7 Å². The number of amides is 1. The van der Waals surface area contributed by atoms with Crippen LogP contribution in [0, 0.1) is 0 Å². The van der Waals surface area contributed by atoms with Crippen molar-refractivity contribution in [3.8, 4) is 0 Å². The molecule has 0 heterocycles. The number of hydrogen-bond acceptors (Lipinski definition) is 6. The topological polar surface area (TPSA) is 108 Å². The molecule has 2 N–H and O–H groups in total. The average molecular weight is 823 g/mol. The normalized spacial score (nSPS) is 14.7. The van der Waals surface area contributed by atoms with Gasteiger partial charge < -0.3 is 28.8 Å². The summed E-state index contributed by atoms with van der Waals surface area (Å²) in [5.74, 6) is -0.208. The molecule has 3 atom stereocenters. The Morgan fingerprint density at radius 1 is 0.614 bits per heavy atom. The summed E-state index contributed by atoms with van der Waals surface area (Å²) in [7, 11) is 1.25. The zero-order valence-electron chi connectivity index (χ0n) is 37.8. The average Bonchev–Trinajstić information content (AvgIpc) is 3.16. The Balaban J connectivity index is 3.83. The number of rotatable bonds is 42. The third-order valence-electron chi connectivity index (χ3n) is 10.3. The molecule has 0 bridgehead atoms. The van der Waals surface area contributed by atoms with Gasteiger partial charge in [0.05, 0.1) is 39.9 Å². The number of phosphoric acid groups is 1. The molecule has 0 radical (unpaired) electrons. The second-order valence-corrected chi connectivity index (χ2v) is 18.5. The van der Waals surface area contributed by atoms with Crippen LogP contribution in [0.4, 0.5) is 0 Å². The van der Waals surface area contributed by atoms with Gasteiger partial charge in [-0.3, -0.25) is 9.36 Å². The zero-order valence-corrected chi connectivity index (χ0v) is 38.7. The highest BCUT2D eigenvalue weighted by atomic mass is 31.2. The number of aliphatic hydroxyl groups is 1. The standard InChI is InChI=1S/C48H91N2O6P/c1-6-8-10-12-13-14-15-16-17-18-19-20-21-22-23-24-25-26-27-28-29-30-31-32-33-34-35-36-37-38-40-42-48(52)49-46(47(51)41-39-11-9-7-2)45-56-57(53,54)55-44-43-50(3,4)5/h15-16,18-19,21-22,39,41,46-47,51H,6-14,17,20,23-38,40,42-45H2,1-5H3,(H-,49,52,53,54)/b16-15-,19-18-,22-21-,41-39+. The highest BCUT2D eigenvalue weighted by molar-refractivity contribution is 7.45. The van der Waals surface area contributed by atoms with E-state index in [1.54, 1.807) is 6.08 Å². The smallest absolute Gasteiger partial charge is 0.268 e. The van der Waals surface area contributed by atoms with E-state index < -0.39 is 20.0 Å². The number of hydrogen-bond donors (Lipinski definition) is 2. The van der Waals surface area contributed by atoms with Gasteiger partial charge in [-0.25, -0.2) is 0 Å². The molecule has 334 valence electrons. The highest BCUT2D eigenvalue weighted by Crippen LogP contribution is 2.38. The Morgan fingerprint density at radius 2 is 1.04 bits per heavy atom. The molecule has 0 aliphatic heterocycles. The molecule has 0 aromatic carbocycles. The predicted octanol–water partition coefficient (Wildman–Crippen LogP) is 12.6. The molecule has 0 aromatic heterocycles. The summed E-state index contributed by atoms with van der Waals surface area (Å²) in [5, 5.41) is 13.5. The van der Waals surface area contributed by atoms with Gasteiger partial charge in [-0.2, -0.15) is 0 Å². The number of phosphoric ester groups is 1. The lowest BCUT2D eigenvalue weighted by Crippen LogP contribution is -2.45. The van der Waals surface area contributed by atoms with Crippen molar-refractivity contribution in [2.75, 3.05) is 40.9 Å². The molecule has 3 unspecified atom stereocenters. The van der Waals surface area contributed by atoms with Crippen molar-refractivity contribution in [2.45, 2.75) is 212 Å². The number of likely N-dealkylation sites (N-methyl/N-ethyl adjacent to an activating group) is 1. The van der Waals surface area contributed by atoms with Crippen LogP contribution >= 0.6 is 7.82 Å². The summed E-state index contributed by atoms with van der Waals surface area (Å²) in [5.41, 5.74) is 0. The monoisotopic (exact) mass is 823 g/mol. The van der Waals surface area contributed by atoms with E-state index in [1.165, 1.54) is 128 Å². The largest absolute Gasteiger partial charge is 0.756 e. The summed E-state index contributed by atoms with van der Waals surface area (Å²) in [6.45, 7) is 4.47. The molecule has 1 amide bonds. The minimum atomic E-state index is -4.57. The molecule has 57 heavy (non-hydrogen) atoms. The first-order valence-corrected chi connectivity index (χ1v) is 25.0. The molecule has 0 aliphatic carbocycles. The van der Waals surface area contributed by atoms with Gasteiger partial charge in [0.15, 0.2) is 0 Å². The number of unbranched alkanes of at least 4 members (excludes halogenated alkanes) is 23. The first-order chi connectivity index (χ1) is 27.5. The maximum Gasteiger partial charge on any atom is 0.268 e. The maximum absolute atomic E-state index is 12.7. The molecule has 9 heteroatoms. The molecule has 0 saturated heterocycles. The Labute approximate surface area is 352 Å². The summed E-state index contributed by atoms with van der Waals surface area (Å²) in [6.07, 6.45) is 51.0. The van der Waals surface area contributed by atoms with Gasteiger partial charge in [-0.05, 0) is 51.4 Å². The van der Waals surface area contributed by atoms with E-state index in [-0.39, 0.29) is 19.1 Å². The fraction of sp³-hybridized carbons (Fsp3) is 0.812. The SMILES string of the molecule is CCCC/C=C/C(O)C(COP(=O)([O-])OCC[N+](C)(C)C)NC(=O)CCCCCCCCCCCCCCCCCC/C=C\C/C=C\C/C=C\CCCCCCC. The second kappa shape index (κ2) is 39.9. The fourth-order valence-corrected chi connectivity index (χ4v) is 7.22. The number of nitrogens with zero attached hydrogens (tertiary/aromatic N) is 1. The first-order valence-electron chi connectivity index (χ1n) is 23.5. The summed E-state index contributed by atoms with van der Waals surface area (Å²) < 4.78 is 22.9. The van der Waals surface area contributed by atoms with Crippen LogP contribution in [-0.4, -0.2) is 68.5 Å². The Hall–Kier alpha value is -1.54. The molecule has 0 saturated carbocycles. The Bertz CT molecular complexity index is 1070. The van der Waals surface area contributed by atoms with Crippen LogP contribution in [0.3, 0.4) is 0 Å². The highest BCUT2D eigenvalue weighted by Gasteiger charge is 2.23. The van der Waals surface area contributed by atoms with Crippen molar-refractivity contribution < 1.29 is 32.9 Å². The van der Waals surface area contributed by atoms with Gasteiger partial charge in [0, 0.05) is 6.42 Å². The molecule has 8 nitrogen and oxygen atoms in total. The van der Waals surface area contributed by atoms with Crippen LogP contribution in [0.15, 0.2) is 48.6 Å². The lowest BCUT2D eigenvalue weighted by Gasteiger charge is -2.29. The van der Waals surface area contributed by atoms with Crippen LogP contribution in [0.1, 0.15) is 200 Å². The van der Waals surface area contributed by atoms with Gasteiger partial charge in [0.25, 0.3) is 7.82 Å². The predicted molar refractivity (Wildman–Crippen MR) is 242 cm³/mol. The van der Waals surface area contributed by atoms with Crippen molar-refractivity contribution in [2.24, 2.45) is 0 Å². The van der Waals surface area contributed by atoms with Crippen LogP contribution in [0.25, 0.3) is 0 Å². The number of allylic oxidation sites excluding steroid dienone is 7. The lowest BCUT2D eigenvalue weighted by atomic mass is 10.0. The number of quaternary nitrogens is 1.